The maximum absolute atomic E-state index is 5.38. The van der Waals surface area contributed by atoms with E-state index in [-0.39, 0.29) is 0 Å². The van der Waals surface area contributed by atoms with Crippen molar-refractivity contribution in [3.63, 3.8) is 0 Å². The minimum atomic E-state index is 0.785. The molecule has 1 aromatic heterocycles. The van der Waals surface area contributed by atoms with Crippen molar-refractivity contribution < 1.29 is 4.74 Å². The largest absolute Gasteiger partial charge is 0.378 e. The molecular formula is C14H24N4O. The molecule has 0 saturated carbocycles. The van der Waals surface area contributed by atoms with Crippen molar-refractivity contribution in [2.45, 2.75) is 26.7 Å². The van der Waals surface area contributed by atoms with E-state index in [9.17, 15) is 0 Å². The molecule has 0 N–H and O–H groups in total. The van der Waals surface area contributed by atoms with Gasteiger partial charge < -0.3 is 14.5 Å². The van der Waals surface area contributed by atoms with E-state index >= 15 is 0 Å². The topological polar surface area (TPSA) is 41.5 Å². The van der Waals surface area contributed by atoms with Crippen LogP contribution in [0, 0.1) is 0 Å². The summed E-state index contributed by atoms with van der Waals surface area (Å²) in [6.07, 6.45) is 3.95. The molecule has 0 spiro atoms. The molecule has 0 amide bonds. The Kier molecular flexibility index (Phi) is 5.39. The normalized spacial score (nSPS) is 15.6. The zero-order valence-corrected chi connectivity index (χ0v) is 12.0. The number of aromatic nitrogens is 2. The summed E-state index contributed by atoms with van der Waals surface area (Å²) in [5.41, 5.74) is 0. The third kappa shape index (κ3) is 3.80. The minimum absolute atomic E-state index is 0.785. The van der Waals surface area contributed by atoms with Crippen molar-refractivity contribution in [1.29, 1.82) is 0 Å². The van der Waals surface area contributed by atoms with Crippen molar-refractivity contribution >= 4 is 11.6 Å². The van der Waals surface area contributed by atoms with Crippen LogP contribution in [-0.4, -0.2) is 49.4 Å². The Hall–Kier alpha value is -1.36. The fourth-order valence-electron chi connectivity index (χ4n) is 2.36. The van der Waals surface area contributed by atoms with Crippen LogP contribution in [-0.2, 0) is 4.74 Å². The minimum Gasteiger partial charge on any atom is -0.378 e. The van der Waals surface area contributed by atoms with Crippen LogP contribution in [0.4, 0.5) is 11.6 Å². The first kappa shape index (κ1) is 14.1. The molecule has 1 aromatic rings. The molecule has 2 heterocycles. The van der Waals surface area contributed by atoms with Gasteiger partial charge in [0.15, 0.2) is 0 Å². The highest BCUT2D eigenvalue weighted by Crippen LogP contribution is 2.19. The van der Waals surface area contributed by atoms with Gasteiger partial charge in [-0.25, -0.2) is 9.97 Å². The standard InChI is InChI=1S/C14H24N4O/c1-3-5-17(6-4-2)13-11-14(16-12-15-13)18-7-9-19-10-8-18/h11-12H,3-10H2,1-2H3. The number of rotatable bonds is 6. The number of ether oxygens (including phenoxy) is 1. The van der Waals surface area contributed by atoms with Crippen LogP contribution in [0.3, 0.4) is 0 Å². The van der Waals surface area contributed by atoms with Gasteiger partial charge in [0, 0.05) is 32.2 Å². The highest BCUT2D eigenvalue weighted by Gasteiger charge is 2.14. The predicted molar refractivity (Wildman–Crippen MR) is 77.9 cm³/mol. The number of hydrogen-bond acceptors (Lipinski definition) is 5. The van der Waals surface area contributed by atoms with E-state index in [1.807, 2.05) is 0 Å². The Bertz CT molecular complexity index is 373. The average Bonchev–Trinajstić information content (AvgIpc) is 2.48. The summed E-state index contributed by atoms with van der Waals surface area (Å²) in [6, 6.07) is 2.11. The number of nitrogens with zero attached hydrogens (tertiary/aromatic N) is 4. The van der Waals surface area contributed by atoms with Crippen molar-refractivity contribution in [2.24, 2.45) is 0 Å². The summed E-state index contributed by atoms with van der Waals surface area (Å²) in [5.74, 6) is 2.06. The zero-order chi connectivity index (χ0) is 13.5. The average molecular weight is 264 g/mol. The van der Waals surface area contributed by atoms with E-state index in [4.69, 9.17) is 4.74 Å². The lowest BCUT2D eigenvalue weighted by Crippen LogP contribution is -2.37. The second-order valence-electron chi connectivity index (χ2n) is 4.82. The van der Waals surface area contributed by atoms with E-state index in [2.05, 4.69) is 39.7 Å². The van der Waals surface area contributed by atoms with Crippen LogP contribution >= 0.6 is 0 Å². The van der Waals surface area contributed by atoms with Gasteiger partial charge in [0.1, 0.15) is 18.0 Å². The summed E-state index contributed by atoms with van der Waals surface area (Å²) in [4.78, 5) is 13.4. The van der Waals surface area contributed by atoms with Crippen molar-refractivity contribution in [2.75, 3.05) is 49.2 Å². The molecule has 2 rings (SSSR count). The van der Waals surface area contributed by atoms with E-state index in [1.165, 1.54) is 0 Å². The lowest BCUT2D eigenvalue weighted by molar-refractivity contribution is 0.122. The monoisotopic (exact) mass is 264 g/mol. The molecule has 5 nitrogen and oxygen atoms in total. The van der Waals surface area contributed by atoms with Gasteiger partial charge in [-0.3, -0.25) is 0 Å². The smallest absolute Gasteiger partial charge is 0.134 e. The Morgan fingerprint density at radius 2 is 1.84 bits per heavy atom. The molecule has 0 aliphatic carbocycles. The molecule has 5 heteroatoms. The van der Waals surface area contributed by atoms with Crippen molar-refractivity contribution in [3.05, 3.63) is 12.4 Å². The lowest BCUT2D eigenvalue weighted by atomic mass is 10.3. The molecule has 0 unspecified atom stereocenters. The van der Waals surface area contributed by atoms with Gasteiger partial charge in [-0.05, 0) is 12.8 Å². The van der Waals surface area contributed by atoms with Gasteiger partial charge in [0.2, 0.25) is 0 Å². The third-order valence-corrected chi connectivity index (χ3v) is 3.28. The maximum Gasteiger partial charge on any atom is 0.134 e. The summed E-state index contributed by atoms with van der Waals surface area (Å²) in [5, 5.41) is 0. The summed E-state index contributed by atoms with van der Waals surface area (Å²) >= 11 is 0. The van der Waals surface area contributed by atoms with Crippen molar-refractivity contribution in [3.8, 4) is 0 Å². The van der Waals surface area contributed by atoms with Gasteiger partial charge in [-0.1, -0.05) is 13.8 Å². The van der Waals surface area contributed by atoms with Gasteiger partial charge in [0.05, 0.1) is 13.2 Å². The van der Waals surface area contributed by atoms with E-state index in [0.717, 1.165) is 63.9 Å². The molecule has 0 atom stereocenters. The van der Waals surface area contributed by atoms with Crippen LogP contribution in [0.1, 0.15) is 26.7 Å². The molecule has 19 heavy (non-hydrogen) atoms. The number of morpholine rings is 1. The van der Waals surface area contributed by atoms with Crippen LogP contribution in [0.25, 0.3) is 0 Å². The summed E-state index contributed by atoms with van der Waals surface area (Å²) in [6.45, 7) is 9.90. The van der Waals surface area contributed by atoms with Crippen LogP contribution < -0.4 is 9.80 Å². The highest BCUT2D eigenvalue weighted by molar-refractivity contribution is 5.50. The highest BCUT2D eigenvalue weighted by atomic mass is 16.5. The first-order valence-corrected chi connectivity index (χ1v) is 7.24. The van der Waals surface area contributed by atoms with Gasteiger partial charge in [-0.15, -0.1) is 0 Å². The molecule has 1 aliphatic heterocycles. The van der Waals surface area contributed by atoms with E-state index in [0.29, 0.717) is 0 Å². The summed E-state index contributed by atoms with van der Waals surface area (Å²) in [7, 11) is 0. The lowest BCUT2D eigenvalue weighted by Gasteiger charge is -2.29. The van der Waals surface area contributed by atoms with Crippen LogP contribution in [0.5, 0.6) is 0 Å². The molecule has 1 saturated heterocycles. The fourth-order valence-corrected chi connectivity index (χ4v) is 2.36. The molecule has 1 fully saturated rings. The molecular weight excluding hydrogens is 240 g/mol. The Morgan fingerprint density at radius 3 is 2.47 bits per heavy atom. The molecule has 106 valence electrons. The molecule has 1 aliphatic rings. The Morgan fingerprint density at radius 1 is 1.16 bits per heavy atom. The molecule has 0 bridgehead atoms. The zero-order valence-electron chi connectivity index (χ0n) is 12.0. The molecule has 0 aromatic carbocycles. The SMILES string of the molecule is CCCN(CCC)c1cc(N2CCOCC2)ncn1. The first-order valence-electron chi connectivity index (χ1n) is 7.24. The number of anilines is 2. The van der Waals surface area contributed by atoms with Crippen LogP contribution in [0.15, 0.2) is 12.4 Å². The first-order chi connectivity index (χ1) is 9.35. The van der Waals surface area contributed by atoms with Crippen LogP contribution in [0.2, 0.25) is 0 Å². The fraction of sp³-hybridized carbons (Fsp3) is 0.714. The predicted octanol–water partition coefficient (Wildman–Crippen LogP) is 1.94. The number of hydrogen-bond donors (Lipinski definition) is 0. The Labute approximate surface area is 115 Å². The second-order valence-corrected chi connectivity index (χ2v) is 4.82. The van der Waals surface area contributed by atoms with Gasteiger partial charge >= 0.3 is 0 Å². The van der Waals surface area contributed by atoms with Gasteiger partial charge in [-0.2, -0.15) is 0 Å². The van der Waals surface area contributed by atoms with E-state index in [1.54, 1.807) is 6.33 Å². The quantitative estimate of drug-likeness (QED) is 0.785. The summed E-state index contributed by atoms with van der Waals surface area (Å²) < 4.78 is 5.38. The Balaban J connectivity index is 2.12. The third-order valence-electron chi connectivity index (χ3n) is 3.28. The van der Waals surface area contributed by atoms with Gasteiger partial charge in [0.25, 0.3) is 0 Å². The maximum atomic E-state index is 5.38. The van der Waals surface area contributed by atoms with E-state index < -0.39 is 0 Å². The van der Waals surface area contributed by atoms with Crippen molar-refractivity contribution in [1.82, 2.24) is 9.97 Å². The second kappa shape index (κ2) is 7.28. The molecule has 0 radical (unpaired) electrons.